The number of nitrogens with zero attached hydrogens (tertiary/aromatic N) is 4. The fourth-order valence-electron chi connectivity index (χ4n) is 4.12. The van der Waals surface area contributed by atoms with E-state index in [4.69, 9.17) is 9.97 Å². The van der Waals surface area contributed by atoms with Gasteiger partial charge in [0.2, 0.25) is 5.95 Å². The van der Waals surface area contributed by atoms with E-state index in [0.717, 1.165) is 54.7 Å². The molecule has 0 spiro atoms. The normalized spacial score (nSPS) is 14.1. The number of anilines is 1. The average Bonchev–Trinajstić information content (AvgIpc) is 3.08. The molecule has 1 N–H and O–H groups in total. The van der Waals surface area contributed by atoms with Crippen LogP contribution in [0, 0.1) is 6.92 Å². The Bertz CT molecular complexity index is 1160. The molecular formula is C24H25N5. The molecule has 5 heteroatoms. The Hall–Kier alpha value is -3.18. The van der Waals surface area contributed by atoms with Crippen LogP contribution in [-0.4, -0.2) is 33.0 Å². The molecule has 1 aliphatic heterocycles. The van der Waals surface area contributed by atoms with E-state index >= 15 is 0 Å². The third-order valence-electron chi connectivity index (χ3n) is 5.64. The Morgan fingerprint density at radius 1 is 1.00 bits per heavy atom. The summed E-state index contributed by atoms with van der Waals surface area (Å²) in [5.74, 6) is 1.69. The second-order valence-corrected chi connectivity index (χ2v) is 7.80. The fourth-order valence-corrected chi connectivity index (χ4v) is 4.12. The van der Waals surface area contributed by atoms with Crippen LogP contribution in [0.1, 0.15) is 22.5 Å². The lowest BCUT2D eigenvalue weighted by Gasteiger charge is -2.26. The van der Waals surface area contributed by atoms with Crippen LogP contribution < -0.4 is 5.32 Å². The van der Waals surface area contributed by atoms with E-state index < -0.39 is 0 Å². The zero-order chi connectivity index (χ0) is 19.8. The van der Waals surface area contributed by atoms with E-state index in [1.807, 2.05) is 6.07 Å². The van der Waals surface area contributed by atoms with E-state index in [-0.39, 0.29) is 0 Å². The molecule has 0 saturated carbocycles. The standard InChI is InChI=1S/C24H25N5/c1-17-14-19-10-6-7-11-22(19)29(17)24-26-21-12-13-28(2)16-20(21)23(27-24)25-15-18-8-4-3-5-9-18/h3-11,14H,12-13,15-16H2,1-2H3,(H,25,26,27). The van der Waals surface area contributed by atoms with Gasteiger partial charge in [0.1, 0.15) is 5.82 Å². The van der Waals surface area contributed by atoms with Gasteiger partial charge >= 0.3 is 0 Å². The molecule has 0 fully saturated rings. The van der Waals surface area contributed by atoms with E-state index in [1.54, 1.807) is 0 Å². The lowest BCUT2D eigenvalue weighted by atomic mass is 10.1. The number of benzene rings is 2. The monoisotopic (exact) mass is 383 g/mol. The number of aryl methyl sites for hydroxylation is 1. The molecule has 0 aliphatic carbocycles. The van der Waals surface area contributed by atoms with Crippen molar-refractivity contribution in [1.82, 2.24) is 19.4 Å². The van der Waals surface area contributed by atoms with Crippen LogP contribution in [0.5, 0.6) is 0 Å². The summed E-state index contributed by atoms with van der Waals surface area (Å²) >= 11 is 0. The van der Waals surface area contributed by atoms with Gasteiger partial charge < -0.3 is 10.2 Å². The summed E-state index contributed by atoms with van der Waals surface area (Å²) in [4.78, 5) is 12.3. The molecule has 2 aromatic heterocycles. The summed E-state index contributed by atoms with van der Waals surface area (Å²) in [6.07, 6.45) is 0.944. The Morgan fingerprint density at radius 2 is 1.79 bits per heavy atom. The first-order valence-corrected chi connectivity index (χ1v) is 10.1. The molecule has 5 rings (SSSR count). The number of para-hydroxylation sites is 1. The number of nitrogens with one attached hydrogen (secondary N) is 1. The minimum atomic E-state index is 0.749. The first-order chi connectivity index (χ1) is 14.2. The van der Waals surface area contributed by atoms with Crippen molar-refractivity contribution in [2.45, 2.75) is 26.4 Å². The number of rotatable bonds is 4. The maximum atomic E-state index is 5.00. The third kappa shape index (κ3) is 3.38. The molecule has 3 heterocycles. The predicted octanol–water partition coefficient (Wildman–Crippen LogP) is 4.33. The van der Waals surface area contributed by atoms with Crippen molar-refractivity contribution < 1.29 is 0 Å². The predicted molar refractivity (Wildman–Crippen MR) is 117 cm³/mol. The van der Waals surface area contributed by atoms with Crippen molar-refractivity contribution in [2.75, 3.05) is 18.9 Å². The van der Waals surface area contributed by atoms with Crippen molar-refractivity contribution in [3.8, 4) is 5.95 Å². The smallest absolute Gasteiger partial charge is 0.236 e. The molecule has 0 saturated heterocycles. The number of hydrogen-bond donors (Lipinski definition) is 1. The highest BCUT2D eigenvalue weighted by Crippen LogP contribution is 2.28. The van der Waals surface area contributed by atoms with Crippen LogP contribution in [0.25, 0.3) is 16.9 Å². The number of fused-ring (bicyclic) bond motifs is 2. The lowest BCUT2D eigenvalue weighted by molar-refractivity contribution is 0.309. The van der Waals surface area contributed by atoms with Crippen molar-refractivity contribution in [1.29, 1.82) is 0 Å². The van der Waals surface area contributed by atoms with Gasteiger partial charge in [-0.3, -0.25) is 4.57 Å². The summed E-state index contributed by atoms with van der Waals surface area (Å²) in [7, 11) is 2.15. The van der Waals surface area contributed by atoms with Crippen LogP contribution in [0.2, 0.25) is 0 Å². The Balaban J connectivity index is 1.60. The molecule has 2 aromatic carbocycles. The second-order valence-electron chi connectivity index (χ2n) is 7.80. The summed E-state index contributed by atoms with van der Waals surface area (Å²) in [5, 5.41) is 4.80. The molecule has 4 aromatic rings. The van der Waals surface area contributed by atoms with Gasteiger partial charge in [0.25, 0.3) is 0 Å². The Labute approximate surface area is 171 Å². The van der Waals surface area contributed by atoms with Crippen LogP contribution in [0.3, 0.4) is 0 Å². The van der Waals surface area contributed by atoms with Gasteiger partial charge in [-0.15, -0.1) is 0 Å². The van der Waals surface area contributed by atoms with Crippen LogP contribution >= 0.6 is 0 Å². The van der Waals surface area contributed by atoms with E-state index in [1.165, 1.54) is 16.5 Å². The van der Waals surface area contributed by atoms with Crippen molar-refractivity contribution in [2.24, 2.45) is 0 Å². The molecule has 0 radical (unpaired) electrons. The molecular weight excluding hydrogens is 358 g/mol. The van der Waals surface area contributed by atoms with Gasteiger partial charge in [-0.1, -0.05) is 48.5 Å². The van der Waals surface area contributed by atoms with Crippen molar-refractivity contribution >= 4 is 16.7 Å². The molecule has 0 amide bonds. The second kappa shape index (κ2) is 7.33. The first-order valence-electron chi connectivity index (χ1n) is 10.1. The molecule has 1 aliphatic rings. The van der Waals surface area contributed by atoms with E-state index in [2.05, 4.69) is 83.4 Å². The first kappa shape index (κ1) is 17.9. The summed E-state index contributed by atoms with van der Waals surface area (Å²) in [6, 6.07) is 21.1. The molecule has 0 bridgehead atoms. The van der Waals surface area contributed by atoms with Gasteiger partial charge in [0.05, 0.1) is 11.2 Å². The van der Waals surface area contributed by atoms with Crippen LogP contribution in [0.4, 0.5) is 5.82 Å². The van der Waals surface area contributed by atoms with Crippen molar-refractivity contribution in [3.63, 3.8) is 0 Å². The minimum absolute atomic E-state index is 0.749. The summed E-state index contributed by atoms with van der Waals surface area (Å²) in [5.41, 5.74) is 5.90. The highest BCUT2D eigenvalue weighted by molar-refractivity contribution is 5.82. The Morgan fingerprint density at radius 3 is 2.66 bits per heavy atom. The fraction of sp³-hybridized carbons (Fsp3) is 0.250. The SMILES string of the molecule is Cc1cc2ccccc2n1-c1nc2c(c(NCc3ccccc3)n1)CN(C)CC2. The van der Waals surface area contributed by atoms with Crippen LogP contribution in [0.15, 0.2) is 60.7 Å². The third-order valence-corrected chi connectivity index (χ3v) is 5.64. The maximum Gasteiger partial charge on any atom is 0.236 e. The quantitative estimate of drug-likeness (QED) is 0.570. The topological polar surface area (TPSA) is 46.0 Å². The molecule has 0 unspecified atom stereocenters. The summed E-state index contributed by atoms with van der Waals surface area (Å²) in [6.45, 7) is 4.76. The maximum absolute atomic E-state index is 5.00. The minimum Gasteiger partial charge on any atom is -0.366 e. The zero-order valence-corrected chi connectivity index (χ0v) is 16.9. The molecule has 5 nitrogen and oxygen atoms in total. The van der Waals surface area contributed by atoms with Gasteiger partial charge in [-0.05, 0) is 31.7 Å². The summed E-state index contributed by atoms with van der Waals surface area (Å²) < 4.78 is 2.17. The largest absolute Gasteiger partial charge is 0.366 e. The zero-order valence-electron chi connectivity index (χ0n) is 16.9. The van der Waals surface area contributed by atoms with Gasteiger partial charge in [-0.25, -0.2) is 4.98 Å². The number of hydrogen-bond acceptors (Lipinski definition) is 4. The highest BCUT2D eigenvalue weighted by Gasteiger charge is 2.22. The molecule has 0 atom stereocenters. The van der Waals surface area contributed by atoms with Crippen molar-refractivity contribution in [3.05, 3.63) is 83.2 Å². The highest BCUT2D eigenvalue weighted by atomic mass is 15.2. The van der Waals surface area contributed by atoms with Gasteiger partial charge in [0, 0.05) is 42.7 Å². The molecule has 29 heavy (non-hydrogen) atoms. The average molecular weight is 383 g/mol. The van der Waals surface area contributed by atoms with Crippen LogP contribution in [-0.2, 0) is 19.5 Å². The number of aromatic nitrogens is 3. The van der Waals surface area contributed by atoms with E-state index in [9.17, 15) is 0 Å². The Kier molecular flexibility index (Phi) is 4.52. The lowest BCUT2D eigenvalue weighted by Crippen LogP contribution is -2.29. The van der Waals surface area contributed by atoms with Gasteiger partial charge in [-0.2, -0.15) is 4.98 Å². The number of likely N-dealkylation sites (N-methyl/N-ethyl adjacent to an activating group) is 1. The van der Waals surface area contributed by atoms with Gasteiger partial charge in [0.15, 0.2) is 0 Å². The molecule has 146 valence electrons. The van der Waals surface area contributed by atoms with E-state index in [0.29, 0.717) is 0 Å².